The molecular weight excluding hydrogens is 290 g/mol. The predicted octanol–water partition coefficient (Wildman–Crippen LogP) is 3.43. The zero-order chi connectivity index (χ0) is 16.1. The topological polar surface area (TPSA) is 67.2 Å². The first kappa shape index (κ1) is 15.6. The fourth-order valence-electron chi connectivity index (χ4n) is 3.06. The molecule has 1 aliphatic carbocycles. The van der Waals surface area contributed by atoms with Gasteiger partial charge in [-0.25, -0.2) is 9.78 Å². The third kappa shape index (κ3) is 4.12. The molecule has 0 aliphatic heterocycles. The summed E-state index contributed by atoms with van der Waals surface area (Å²) in [6.45, 7) is 2.38. The van der Waals surface area contributed by atoms with E-state index in [4.69, 9.17) is 4.42 Å². The van der Waals surface area contributed by atoms with Gasteiger partial charge in [-0.15, -0.1) is 0 Å². The Balaban J connectivity index is 1.55. The lowest BCUT2D eigenvalue weighted by atomic mass is 10.1. The van der Waals surface area contributed by atoms with Crippen molar-refractivity contribution < 1.29 is 9.21 Å². The molecule has 0 bridgehead atoms. The van der Waals surface area contributed by atoms with Crippen LogP contribution in [-0.2, 0) is 6.42 Å². The summed E-state index contributed by atoms with van der Waals surface area (Å²) < 4.78 is 5.70. The molecule has 0 spiro atoms. The summed E-state index contributed by atoms with van der Waals surface area (Å²) in [5.74, 6) is 1.46. The number of rotatable bonds is 5. The highest BCUT2D eigenvalue weighted by Crippen LogP contribution is 2.23. The molecule has 1 heterocycles. The summed E-state index contributed by atoms with van der Waals surface area (Å²) in [6.07, 6.45) is 5.23. The van der Waals surface area contributed by atoms with Crippen molar-refractivity contribution >= 4 is 6.03 Å². The SMILES string of the molecule is Cc1nc(-c2ccccc2)c(CCNC(=O)NC2CCCC2)o1. The molecule has 1 aliphatic rings. The first-order valence-corrected chi connectivity index (χ1v) is 8.28. The Labute approximate surface area is 136 Å². The summed E-state index contributed by atoms with van der Waals surface area (Å²) >= 11 is 0. The highest BCUT2D eigenvalue weighted by Gasteiger charge is 2.17. The molecule has 1 fully saturated rings. The van der Waals surface area contributed by atoms with E-state index < -0.39 is 0 Å². The maximum atomic E-state index is 11.9. The number of benzene rings is 1. The lowest BCUT2D eigenvalue weighted by molar-refractivity contribution is 0.237. The van der Waals surface area contributed by atoms with E-state index in [1.54, 1.807) is 0 Å². The molecule has 3 rings (SSSR count). The number of aromatic nitrogens is 1. The van der Waals surface area contributed by atoms with E-state index in [0.29, 0.717) is 24.9 Å². The van der Waals surface area contributed by atoms with Crippen LogP contribution in [0.25, 0.3) is 11.3 Å². The monoisotopic (exact) mass is 313 g/mol. The van der Waals surface area contributed by atoms with Crippen molar-refractivity contribution in [2.45, 2.75) is 45.1 Å². The lowest BCUT2D eigenvalue weighted by Gasteiger charge is -2.12. The van der Waals surface area contributed by atoms with Gasteiger partial charge in [0, 0.05) is 31.5 Å². The van der Waals surface area contributed by atoms with E-state index >= 15 is 0 Å². The van der Waals surface area contributed by atoms with Crippen molar-refractivity contribution in [2.75, 3.05) is 6.54 Å². The average Bonchev–Trinajstić information content (AvgIpc) is 3.18. The second-order valence-corrected chi connectivity index (χ2v) is 6.00. The first-order chi connectivity index (χ1) is 11.2. The van der Waals surface area contributed by atoms with Gasteiger partial charge >= 0.3 is 6.03 Å². The van der Waals surface area contributed by atoms with Crippen LogP contribution < -0.4 is 10.6 Å². The molecule has 2 amide bonds. The highest BCUT2D eigenvalue weighted by atomic mass is 16.4. The van der Waals surface area contributed by atoms with Crippen LogP contribution in [0.4, 0.5) is 4.79 Å². The molecule has 122 valence electrons. The minimum absolute atomic E-state index is 0.0885. The van der Waals surface area contributed by atoms with Gasteiger partial charge < -0.3 is 15.1 Å². The van der Waals surface area contributed by atoms with Crippen LogP contribution in [0.1, 0.15) is 37.3 Å². The number of urea groups is 1. The molecule has 5 heteroatoms. The molecule has 2 N–H and O–H groups in total. The van der Waals surface area contributed by atoms with Gasteiger partial charge in [-0.05, 0) is 12.8 Å². The zero-order valence-electron chi connectivity index (χ0n) is 13.5. The Hall–Kier alpha value is -2.30. The number of oxazole rings is 1. The molecule has 23 heavy (non-hydrogen) atoms. The Morgan fingerprint density at radius 1 is 1.26 bits per heavy atom. The van der Waals surface area contributed by atoms with E-state index in [0.717, 1.165) is 29.9 Å². The summed E-state index contributed by atoms with van der Waals surface area (Å²) in [4.78, 5) is 16.3. The predicted molar refractivity (Wildman–Crippen MR) is 89.2 cm³/mol. The van der Waals surface area contributed by atoms with Crippen molar-refractivity contribution in [3.63, 3.8) is 0 Å². The molecule has 0 unspecified atom stereocenters. The number of nitrogens with zero attached hydrogens (tertiary/aromatic N) is 1. The van der Waals surface area contributed by atoms with E-state index in [1.807, 2.05) is 37.3 Å². The molecular formula is C18H23N3O2. The zero-order valence-corrected chi connectivity index (χ0v) is 13.5. The Morgan fingerprint density at radius 3 is 2.74 bits per heavy atom. The van der Waals surface area contributed by atoms with Gasteiger partial charge in [-0.3, -0.25) is 0 Å². The van der Waals surface area contributed by atoms with Crippen molar-refractivity contribution in [3.8, 4) is 11.3 Å². The smallest absolute Gasteiger partial charge is 0.315 e. The van der Waals surface area contributed by atoms with Crippen LogP contribution in [0.3, 0.4) is 0 Å². The van der Waals surface area contributed by atoms with Crippen LogP contribution in [0, 0.1) is 6.92 Å². The van der Waals surface area contributed by atoms with Crippen LogP contribution in [-0.4, -0.2) is 23.6 Å². The van der Waals surface area contributed by atoms with Gasteiger partial charge in [0.1, 0.15) is 11.5 Å². The summed E-state index contributed by atoms with van der Waals surface area (Å²) in [7, 11) is 0. The quantitative estimate of drug-likeness (QED) is 0.888. The Kier molecular flexibility index (Phi) is 4.95. The van der Waals surface area contributed by atoms with Crippen molar-refractivity contribution in [2.24, 2.45) is 0 Å². The number of nitrogens with one attached hydrogen (secondary N) is 2. The number of carbonyl (C=O) groups excluding carboxylic acids is 1. The second-order valence-electron chi connectivity index (χ2n) is 6.00. The van der Waals surface area contributed by atoms with E-state index in [9.17, 15) is 4.79 Å². The van der Waals surface area contributed by atoms with Crippen molar-refractivity contribution in [1.29, 1.82) is 0 Å². The minimum atomic E-state index is -0.0885. The van der Waals surface area contributed by atoms with E-state index in [-0.39, 0.29) is 6.03 Å². The molecule has 1 saturated carbocycles. The Bertz CT molecular complexity index is 646. The Morgan fingerprint density at radius 2 is 2.00 bits per heavy atom. The molecule has 0 saturated heterocycles. The summed E-state index contributed by atoms with van der Waals surface area (Å²) in [5.41, 5.74) is 1.90. The normalized spacial score (nSPS) is 14.8. The third-order valence-corrected chi connectivity index (χ3v) is 4.18. The van der Waals surface area contributed by atoms with Gasteiger partial charge in [0.15, 0.2) is 5.89 Å². The van der Waals surface area contributed by atoms with Crippen molar-refractivity contribution in [1.82, 2.24) is 15.6 Å². The van der Waals surface area contributed by atoms with E-state index in [1.165, 1.54) is 12.8 Å². The van der Waals surface area contributed by atoms with E-state index in [2.05, 4.69) is 15.6 Å². The standard InChI is InChI=1S/C18H23N3O2/c1-13-20-17(14-7-3-2-4-8-14)16(23-13)11-12-19-18(22)21-15-9-5-6-10-15/h2-4,7-8,15H,5-6,9-12H2,1H3,(H2,19,21,22). The fourth-order valence-corrected chi connectivity index (χ4v) is 3.06. The first-order valence-electron chi connectivity index (χ1n) is 8.28. The number of aryl methyl sites for hydroxylation is 1. The number of hydrogen-bond donors (Lipinski definition) is 2. The summed E-state index contributed by atoms with van der Waals surface area (Å²) in [5, 5.41) is 5.93. The van der Waals surface area contributed by atoms with Crippen LogP contribution in [0.15, 0.2) is 34.7 Å². The fraction of sp³-hybridized carbons (Fsp3) is 0.444. The maximum Gasteiger partial charge on any atom is 0.315 e. The van der Waals surface area contributed by atoms with Crippen molar-refractivity contribution in [3.05, 3.63) is 42.0 Å². The molecule has 5 nitrogen and oxygen atoms in total. The molecule has 1 aromatic heterocycles. The number of amides is 2. The average molecular weight is 313 g/mol. The lowest BCUT2D eigenvalue weighted by Crippen LogP contribution is -2.41. The van der Waals surface area contributed by atoms with Crippen LogP contribution in [0.5, 0.6) is 0 Å². The molecule has 2 aromatic rings. The van der Waals surface area contributed by atoms with Gasteiger partial charge in [0.05, 0.1) is 0 Å². The summed E-state index contributed by atoms with van der Waals surface area (Å²) in [6, 6.07) is 10.2. The van der Waals surface area contributed by atoms with Crippen LogP contribution >= 0.6 is 0 Å². The second kappa shape index (κ2) is 7.31. The van der Waals surface area contributed by atoms with Gasteiger partial charge in [0.2, 0.25) is 0 Å². The molecule has 0 radical (unpaired) electrons. The van der Waals surface area contributed by atoms with Gasteiger partial charge in [-0.1, -0.05) is 43.2 Å². The van der Waals surface area contributed by atoms with Gasteiger partial charge in [-0.2, -0.15) is 0 Å². The highest BCUT2D eigenvalue weighted by molar-refractivity contribution is 5.74. The van der Waals surface area contributed by atoms with Crippen LogP contribution in [0.2, 0.25) is 0 Å². The largest absolute Gasteiger partial charge is 0.445 e. The third-order valence-electron chi connectivity index (χ3n) is 4.18. The molecule has 0 atom stereocenters. The van der Waals surface area contributed by atoms with Gasteiger partial charge in [0.25, 0.3) is 0 Å². The number of carbonyl (C=O) groups is 1. The molecule has 1 aromatic carbocycles. The number of hydrogen-bond acceptors (Lipinski definition) is 3. The minimum Gasteiger partial charge on any atom is -0.445 e. The maximum absolute atomic E-state index is 11.9.